The fourth-order valence-electron chi connectivity index (χ4n) is 1.70. The molecule has 0 saturated heterocycles. The van der Waals surface area contributed by atoms with Gasteiger partial charge in [0.1, 0.15) is 0 Å². The molecule has 16 heavy (non-hydrogen) atoms. The van der Waals surface area contributed by atoms with E-state index in [1.54, 1.807) is 19.0 Å². The van der Waals surface area contributed by atoms with Gasteiger partial charge in [0.25, 0.3) is 0 Å². The topological polar surface area (TPSA) is 46.2 Å². The minimum absolute atomic E-state index is 0.340. The van der Waals surface area contributed by atoms with Crippen molar-refractivity contribution in [3.63, 3.8) is 0 Å². The summed E-state index contributed by atoms with van der Waals surface area (Å²) in [7, 11) is -2.99. The van der Waals surface area contributed by atoms with Gasteiger partial charge in [-0.2, -0.15) is 0 Å². The lowest BCUT2D eigenvalue weighted by molar-refractivity contribution is 0.594. The van der Waals surface area contributed by atoms with Crippen LogP contribution < -0.4 is 4.63 Å². The Morgan fingerprint density at radius 3 is 2.50 bits per heavy atom. The first-order valence-electron chi connectivity index (χ1n) is 5.12. The van der Waals surface area contributed by atoms with Gasteiger partial charge in [-0.1, -0.05) is 43.2 Å². The third-order valence-corrected chi connectivity index (χ3v) is 3.98. The highest BCUT2D eigenvalue weighted by Crippen LogP contribution is 2.22. The number of fused-ring (bicyclic) bond motifs is 1. The molecule has 0 amide bonds. The first kappa shape index (κ1) is 11.2. The van der Waals surface area contributed by atoms with E-state index in [1.165, 1.54) is 0 Å². The Labute approximate surface area is 95.8 Å². The second-order valence-electron chi connectivity index (χ2n) is 3.48. The van der Waals surface area contributed by atoms with Crippen molar-refractivity contribution in [2.75, 3.05) is 0 Å². The summed E-state index contributed by atoms with van der Waals surface area (Å²) in [5.41, 5.74) is 0. The van der Waals surface area contributed by atoms with E-state index in [4.69, 9.17) is 0 Å². The SMILES string of the molecule is CBNS(=O)(=O)c1cccc2ccccc12. The summed E-state index contributed by atoms with van der Waals surface area (Å²) < 4.78 is 26.4. The van der Waals surface area contributed by atoms with E-state index < -0.39 is 10.0 Å². The van der Waals surface area contributed by atoms with Crippen LogP contribution in [0.2, 0.25) is 6.82 Å². The van der Waals surface area contributed by atoms with Crippen molar-refractivity contribution >= 4 is 28.2 Å². The normalized spacial score (nSPS) is 11.6. The fourth-order valence-corrected chi connectivity index (χ4v) is 2.97. The number of nitrogens with one attached hydrogen (secondary N) is 1. The van der Waals surface area contributed by atoms with Crippen molar-refractivity contribution < 1.29 is 8.42 Å². The fraction of sp³-hybridized carbons (Fsp3) is 0.0909. The molecule has 0 fully saturated rings. The molecule has 0 heterocycles. The molecular weight excluding hydrogens is 221 g/mol. The van der Waals surface area contributed by atoms with E-state index in [0.717, 1.165) is 10.8 Å². The van der Waals surface area contributed by atoms with Crippen LogP contribution in [-0.4, -0.2) is 15.8 Å². The largest absolute Gasteiger partial charge is 0.255 e. The summed E-state index contributed by atoms with van der Waals surface area (Å²) in [6.07, 6.45) is 0. The van der Waals surface area contributed by atoms with E-state index in [-0.39, 0.29) is 0 Å². The molecule has 3 nitrogen and oxygen atoms in total. The first-order chi connectivity index (χ1) is 7.65. The molecule has 0 atom stereocenters. The molecule has 0 unspecified atom stereocenters. The first-order valence-corrected chi connectivity index (χ1v) is 6.61. The molecular formula is C11H12BNO2S. The molecule has 0 aliphatic carbocycles. The lowest BCUT2D eigenvalue weighted by Gasteiger charge is -2.07. The van der Waals surface area contributed by atoms with Crippen LogP contribution in [0.15, 0.2) is 47.4 Å². The van der Waals surface area contributed by atoms with Crippen LogP contribution in [0.25, 0.3) is 10.8 Å². The number of hydrogen-bond donors (Lipinski definition) is 1. The van der Waals surface area contributed by atoms with Crippen molar-refractivity contribution in [2.45, 2.75) is 11.7 Å². The zero-order chi connectivity index (χ0) is 11.6. The van der Waals surface area contributed by atoms with Crippen LogP contribution in [0, 0.1) is 0 Å². The summed E-state index contributed by atoms with van der Waals surface area (Å²) in [6, 6.07) is 12.7. The molecule has 2 rings (SSSR count). The van der Waals surface area contributed by atoms with Gasteiger partial charge in [0, 0.05) is 5.39 Å². The summed E-state index contributed by atoms with van der Waals surface area (Å²) >= 11 is 0. The van der Waals surface area contributed by atoms with Crippen LogP contribution in [0.3, 0.4) is 0 Å². The van der Waals surface area contributed by atoms with Crippen molar-refractivity contribution in [1.82, 2.24) is 4.63 Å². The number of rotatable bonds is 3. The van der Waals surface area contributed by atoms with Gasteiger partial charge in [0.05, 0.1) is 4.90 Å². The molecule has 0 bridgehead atoms. The summed E-state index contributed by atoms with van der Waals surface area (Å²) in [5, 5.41) is 1.69. The minimum Gasteiger partial charge on any atom is -0.255 e. The van der Waals surface area contributed by atoms with E-state index >= 15 is 0 Å². The van der Waals surface area contributed by atoms with Crippen LogP contribution >= 0.6 is 0 Å². The Hall–Kier alpha value is -1.33. The zero-order valence-electron chi connectivity index (χ0n) is 8.97. The molecule has 2 aromatic carbocycles. The Kier molecular flexibility index (Phi) is 2.98. The van der Waals surface area contributed by atoms with Gasteiger partial charge in [-0.15, -0.1) is 0 Å². The van der Waals surface area contributed by atoms with Gasteiger partial charge < -0.3 is 0 Å². The predicted octanol–water partition coefficient (Wildman–Crippen LogP) is 1.52. The Morgan fingerprint density at radius 1 is 1.06 bits per heavy atom. The minimum atomic E-state index is -3.39. The highest BCUT2D eigenvalue weighted by atomic mass is 32.2. The quantitative estimate of drug-likeness (QED) is 0.817. The van der Waals surface area contributed by atoms with E-state index in [0.29, 0.717) is 12.3 Å². The maximum atomic E-state index is 11.9. The summed E-state index contributed by atoms with van der Waals surface area (Å²) in [6.45, 7) is 1.77. The highest BCUT2D eigenvalue weighted by molar-refractivity contribution is 7.90. The predicted molar refractivity (Wildman–Crippen MR) is 67.3 cm³/mol. The van der Waals surface area contributed by atoms with Crippen LogP contribution in [0.5, 0.6) is 0 Å². The van der Waals surface area contributed by atoms with Gasteiger partial charge in [0.15, 0.2) is 0 Å². The van der Waals surface area contributed by atoms with Crippen LogP contribution in [0.4, 0.5) is 0 Å². The molecule has 1 N–H and O–H groups in total. The van der Waals surface area contributed by atoms with Crippen molar-refractivity contribution in [3.8, 4) is 0 Å². The molecule has 0 spiro atoms. The van der Waals surface area contributed by atoms with E-state index in [2.05, 4.69) is 4.63 Å². The molecule has 5 heteroatoms. The molecule has 2 aromatic rings. The summed E-state index contributed by atoms with van der Waals surface area (Å²) in [5.74, 6) is 0. The molecule has 0 aliphatic rings. The molecule has 82 valence electrons. The number of hydrogen-bond acceptors (Lipinski definition) is 2. The zero-order valence-corrected chi connectivity index (χ0v) is 9.79. The monoisotopic (exact) mass is 233 g/mol. The van der Waals surface area contributed by atoms with Crippen LogP contribution in [-0.2, 0) is 10.0 Å². The second-order valence-corrected chi connectivity index (χ2v) is 5.21. The molecule has 0 radical (unpaired) electrons. The van der Waals surface area contributed by atoms with Crippen molar-refractivity contribution in [2.24, 2.45) is 0 Å². The smallest absolute Gasteiger partial charge is 0.231 e. The molecule has 0 aromatic heterocycles. The van der Waals surface area contributed by atoms with Gasteiger partial charge in [-0.05, 0) is 11.5 Å². The van der Waals surface area contributed by atoms with Gasteiger partial charge in [0.2, 0.25) is 17.4 Å². The third-order valence-electron chi connectivity index (χ3n) is 2.37. The average Bonchev–Trinajstić information content (AvgIpc) is 2.28. The van der Waals surface area contributed by atoms with E-state index in [9.17, 15) is 8.42 Å². The number of benzene rings is 2. The lowest BCUT2D eigenvalue weighted by atomic mass is 10.0. The molecule has 0 aliphatic heterocycles. The standard InChI is InChI=1S/C11H12BNO2S/c1-12-13-16(14,15)11-8-4-6-9-5-2-3-7-10(9)11/h2-8,12-13H,1H3. The second kappa shape index (κ2) is 4.27. The van der Waals surface area contributed by atoms with Gasteiger partial charge in [-0.25, -0.2) is 8.42 Å². The third kappa shape index (κ3) is 1.96. The highest BCUT2D eigenvalue weighted by Gasteiger charge is 2.15. The Morgan fingerprint density at radius 2 is 1.75 bits per heavy atom. The van der Waals surface area contributed by atoms with Gasteiger partial charge in [-0.3, -0.25) is 4.63 Å². The average molecular weight is 233 g/mol. The molecule has 0 saturated carbocycles. The Balaban J connectivity index is 2.70. The summed E-state index contributed by atoms with van der Waals surface area (Å²) in [4.78, 5) is 0.340. The van der Waals surface area contributed by atoms with Gasteiger partial charge >= 0.3 is 0 Å². The Bertz CT molecular complexity index is 605. The van der Waals surface area contributed by atoms with Crippen molar-refractivity contribution in [3.05, 3.63) is 42.5 Å². The van der Waals surface area contributed by atoms with E-state index in [1.807, 2.05) is 30.3 Å². The lowest BCUT2D eigenvalue weighted by Crippen LogP contribution is -2.25. The maximum absolute atomic E-state index is 11.9. The van der Waals surface area contributed by atoms with Crippen molar-refractivity contribution in [1.29, 1.82) is 0 Å². The van der Waals surface area contributed by atoms with Crippen LogP contribution in [0.1, 0.15) is 0 Å². The number of sulfonamides is 1. The maximum Gasteiger partial charge on any atom is 0.231 e.